The zero-order valence-corrected chi connectivity index (χ0v) is 14.2. The SMILES string of the molecule is CC(C)N(Cc1cccnc1)C(=O)c1ccc(Cl)c(Br)c1. The fourth-order valence-electron chi connectivity index (χ4n) is 1.97. The number of rotatable bonds is 4. The van der Waals surface area contributed by atoms with E-state index in [2.05, 4.69) is 20.9 Å². The molecular formula is C16H16BrClN2O. The molecule has 1 amide bonds. The van der Waals surface area contributed by atoms with Crippen LogP contribution in [0.3, 0.4) is 0 Å². The maximum Gasteiger partial charge on any atom is 0.254 e. The number of hydrogen-bond donors (Lipinski definition) is 0. The third kappa shape index (κ3) is 4.05. The van der Waals surface area contributed by atoms with E-state index in [1.807, 2.05) is 30.9 Å². The molecule has 3 nitrogen and oxygen atoms in total. The van der Waals surface area contributed by atoms with Gasteiger partial charge in [0.25, 0.3) is 5.91 Å². The van der Waals surface area contributed by atoms with E-state index in [4.69, 9.17) is 11.6 Å². The van der Waals surface area contributed by atoms with E-state index in [-0.39, 0.29) is 11.9 Å². The van der Waals surface area contributed by atoms with Gasteiger partial charge in [-0.15, -0.1) is 0 Å². The minimum Gasteiger partial charge on any atom is -0.332 e. The molecule has 0 saturated carbocycles. The second-order valence-electron chi connectivity index (χ2n) is 5.02. The molecule has 0 spiro atoms. The summed E-state index contributed by atoms with van der Waals surface area (Å²) in [6.45, 7) is 4.53. The van der Waals surface area contributed by atoms with Gasteiger partial charge in [-0.2, -0.15) is 0 Å². The topological polar surface area (TPSA) is 33.2 Å². The zero-order valence-electron chi connectivity index (χ0n) is 11.9. The molecule has 0 unspecified atom stereocenters. The van der Waals surface area contributed by atoms with Crippen molar-refractivity contribution in [2.75, 3.05) is 0 Å². The molecular weight excluding hydrogens is 352 g/mol. The van der Waals surface area contributed by atoms with E-state index < -0.39 is 0 Å². The van der Waals surface area contributed by atoms with Gasteiger partial charge in [-0.25, -0.2) is 0 Å². The molecule has 0 saturated heterocycles. The van der Waals surface area contributed by atoms with Crippen LogP contribution in [0.25, 0.3) is 0 Å². The summed E-state index contributed by atoms with van der Waals surface area (Å²) >= 11 is 9.33. The molecule has 5 heteroatoms. The van der Waals surface area contributed by atoms with Crippen molar-refractivity contribution in [3.63, 3.8) is 0 Å². The monoisotopic (exact) mass is 366 g/mol. The molecule has 2 aromatic rings. The molecule has 2 rings (SSSR count). The van der Waals surface area contributed by atoms with Crippen molar-refractivity contribution in [3.8, 4) is 0 Å². The lowest BCUT2D eigenvalue weighted by Gasteiger charge is -2.27. The third-order valence-electron chi connectivity index (χ3n) is 3.13. The highest BCUT2D eigenvalue weighted by Crippen LogP contribution is 2.24. The Morgan fingerprint density at radius 1 is 1.38 bits per heavy atom. The average molecular weight is 368 g/mol. The van der Waals surface area contributed by atoms with Crippen LogP contribution in [0.1, 0.15) is 29.8 Å². The summed E-state index contributed by atoms with van der Waals surface area (Å²) in [5, 5.41) is 0.593. The van der Waals surface area contributed by atoms with Crippen molar-refractivity contribution in [1.29, 1.82) is 0 Å². The lowest BCUT2D eigenvalue weighted by Crippen LogP contribution is -2.36. The number of aromatic nitrogens is 1. The van der Waals surface area contributed by atoms with E-state index in [1.165, 1.54) is 0 Å². The Labute approximate surface area is 138 Å². The van der Waals surface area contributed by atoms with Crippen LogP contribution in [0.4, 0.5) is 0 Å². The van der Waals surface area contributed by atoms with Gasteiger partial charge in [0.1, 0.15) is 0 Å². The molecule has 1 aromatic carbocycles. The second kappa shape index (κ2) is 7.05. The number of benzene rings is 1. The first-order valence-corrected chi connectivity index (χ1v) is 7.81. The highest BCUT2D eigenvalue weighted by molar-refractivity contribution is 9.10. The fourth-order valence-corrected chi connectivity index (χ4v) is 2.47. The molecule has 0 N–H and O–H groups in total. The van der Waals surface area contributed by atoms with Gasteiger partial charge in [-0.1, -0.05) is 17.7 Å². The minimum atomic E-state index is -0.0220. The molecule has 0 aliphatic carbocycles. The first kappa shape index (κ1) is 16.0. The predicted octanol–water partition coefficient (Wildman–Crippen LogP) is 4.55. The Morgan fingerprint density at radius 2 is 2.14 bits per heavy atom. The standard InChI is InChI=1S/C16H16BrClN2O/c1-11(2)20(10-12-4-3-7-19-9-12)16(21)13-5-6-15(18)14(17)8-13/h3-9,11H,10H2,1-2H3. The van der Waals surface area contributed by atoms with Crippen molar-refractivity contribution < 1.29 is 4.79 Å². The van der Waals surface area contributed by atoms with Crippen LogP contribution >= 0.6 is 27.5 Å². The number of halogens is 2. The fraction of sp³-hybridized carbons (Fsp3) is 0.250. The van der Waals surface area contributed by atoms with Crippen LogP contribution < -0.4 is 0 Å². The number of carbonyl (C=O) groups is 1. The Morgan fingerprint density at radius 3 is 2.71 bits per heavy atom. The summed E-state index contributed by atoms with van der Waals surface area (Å²) in [4.78, 5) is 18.6. The molecule has 0 fully saturated rings. The van der Waals surface area contributed by atoms with Crippen LogP contribution in [-0.2, 0) is 6.54 Å². The molecule has 0 radical (unpaired) electrons. The summed E-state index contributed by atoms with van der Waals surface area (Å²) in [5.41, 5.74) is 1.62. The highest BCUT2D eigenvalue weighted by atomic mass is 79.9. The Kier molecular flexibility index (Phi) is 5.37. The third-order valence-corrected chi connectivity index (χ3v) is 4.34. The largest absolute Gasteiger partial charge is 0.332 e. The smallest absolute Gasteiger partial charge is 0.254 e. The van der Waals surface area contributed by atoms with Crippen molar-refractivity contribution in [3.05, 3.63) is 63.3 Å². The van der Waals surface area contributed by atoms with Crippen LogP contribution in [0.5, 0.6) is 0 Å². The number of pyridine rings is 1. The van der Waals surface area contributed by atoms with E-state index in [1.54, 1.807) is 30.6 Å². The number of carbonyl (C=O) groups excluding carboxylic acids is 1. The molecule has 0 bridgehead atoms. The second-order valence-corrected chi connectivity index (χ2v) is 6.28. The number of nitrogens with zero attached hydrogens (tertiary/aromatic N) is 2. The summed E-state index contributed by atoms with van der Waals surface area (Å²) < 4.78 is 0.722. The predicted molar refractivity (Wildman–Crippen MR) is 88.4 cm³/mol. The summed E-state index contributed by atoms with van der Waals surface area (Å²) in [5.74, 6) is -0.0220. The minimum absolute atomic E-state index is 0.0220. The van der Waals surface area contributed by atoms with Gasteiger partial charge in [0.05, 0.1) is 5.02 Å². The molecule has 1 aromatic heterocycles. The van der Waals surface area contributed by atoms with Crippen LogP contribution in [0, 0.1) is 0 Å². The summed E-state index contributed by atoms with van der Waals surface area (Å²) in [7, 11) is 0. The Bertz CT molecular complexity index is 631. The van der Waals surface area contributed by atoms with Gasteiger partial charge in [0.2, 0.25) is 0 Å². The van der Waals surface area contributed by atoms with E-state index >= 15 is 0 Å². The molecule has 0 atom stereocenters. The van der Waals surface area contributed by atoms with Crippen LogP contribution in [0.15, 0.2) is 47.2 Å². The van der Waals surface area contributed by atoms with Gasteiger partial charge in [0.15, 0.2) is 0 Å². The number of hydrogen-bond acceptors (Lipinski definition) is 2. The summed E-state index contributed by atoms with van der Waals surface area (Å²) in [6.07, 6.45) is 3.50. The first-order chi connectivity index (χ1) is 9.99. The number of amides is 1. The molecule has 0 aliphatic heterocycles. The van der Waals surface area contributed by atoms with Crippen molar-refractivity contribution in [2.45, 2.75) is 26.4 Å². The average Bonchev–Trinajstić information content (AvgIpc) is 2.47. The maximum atomic E-state index is 12.7. The lowest BCUT2D eigenvalue weighted by molar-refractivity contribution is 0.0690. The van der Waals surface area contributed by atoms with E-state index in [0.29, 0.717) is 17.1 Å². The van der Waals surface area contributed by atoms with Crippen molar-refractivity contribution in [1.82, 2.24) is 9.88 Å². The first-order valence-electron chi connectivity index (χ1n) is 6.64. The van der Waals surface area contributed by atoms with E-state index in [9.17, 15) is 4.79 Å². The van der Waals surface area contributed by atoms with Crippen LogP contribution in [-0.4, -0.2) is 21.8 Å². The van der Waals surface area contributed by atoms with Gasteiger partial charge >= 0.3 is 0 Å². The van der Waals surface area contributed by atoms with Gasteiger partial charge < -0.3 is 4.90 Å². The Hall–Kier alpha value is -1.39. The maximum absolute atomic E-state index is 12.7. The van der Waals surface area contributed by atoms with Crippen molar-refractivity contribution in [2.24, 2.45) is 0 Å². The summed E-state index contributed by atoms with van der Waals surface area (Å²) in [6, 6.07) is 9.15. The molecule has 110 valence electrons. The van der Waals surface area contributed by atoms with E-state index in [0.717, 1.165) is 10.0 Å². The van der Waals surface area contributed by atoms with Gasteiger partial charge in [0, 0.05) is 35.0 Å². The Balaban J connectivity index is 2.25. The zero-order chi connectivity index (χ0) is 15.4. The van der Waals surface area contributed by atoms with Crippen LogP contribution in [0.2, 0.25) is 5.02 Å². The molecule has 1 heterocycles. The molecule has 21 heavy (non-hydrogen) atoms. The van der Waals surface area contributed by atoms with Gasteiger partial charge in [-0.05, 0) is 59.6 Å². The highest BCUT2D eigenvalue weighted by Gasteiger charge is 2.19. The van der Waals surface area contributed by atoms with Gasteiger partial charge in [-0.3, -0.25) is 9.78 Å². The normalized spacial score (nSPS) is 10.7. The quantitative estimate of drug-likeness (QED) is 0.794. The lowest BCUT2D eigenvalue weighted by atomic mass is 10.1. The molecule has 0 aliphatic rings. The van der Waals surface area contributed by atoms with Crippen molar-refractivity contribution >= 4 is 33.4 Å².